The van der Waals surface area contributed by atoms with E-state index < -0.39 is 0 Å². The number of aromatic nitrogens is 3. The number of rotatable bonds is 2. The highest BCUT2D eigenvalue weighted by atomic mass is 35.5. The third kappa shape index (κ3) is 2.01. The number of benzene rings is 1. The van der Waals surface area contributed by atoms with Gasteiger partial charge in [0.15, 0.2) is 0 Å². The molecule has 3 rings (SSSR count). The number of hydrogen-bond donors (Lipinski definition) is 1. The molecule has 0 aliphatic rings. The maximum atomic E-state index is 12.0. The number of hydrogen-bond acceptors (Lipinski definition) is 3. The first kappa shape index (κ1) is 12.9. The van der Waals surface area contributed by atoms with Crippen LogP contribution >= 0.6 is 11.6 Å². The molecule has 0 atom stereocenters. The maximum Gasteiger partial charge on any atom is 0.274 e. The maximum absolute atomic E-state index is 12.0. The van der Waals surface area contributed by atoms with Gasteiger partial charge >= 0.3 is 0 Å². The lowest BCUT2D eigenvalue weighted by atomic mass is 10.1. The third-order valence-corrected chi connectivity index (χ3v) is 3.56. The first-order valence-electron chi connectivity index (χ1n) is 6.15. The van der Waals surface area contributed by atoms with Gasteiger partial charge in [-0.25, -0.2) is 0 Å². The summed E-state index contributed by atoms with van der Waals surface area (Å²) in [6.45, 7) is 0.309. The minimum atomic E-state index is -0.182. The fourth-order valence-corrected chi connectivity index (χ4v) is 2.30. The molecule has 0 saturated carbocycles. The summed E-state index contributed by atoms with van der Waals surface area (Å²) in [4.78, 5) is 12.0. The van der Waals surface area contributed by atoms with Crippen LogP contribution in [-0.2, 0) is 13.6 Å². The molecule has 0 unspecified atom stereocenters. The smallest absolute Gasteiger partial charge is 0.274 e. The van der Waals surface area contributed by atoms with Crippen molar-refractivity contribution >= 4 is 17.2 Å². The van der Waals surface area contributed by atoms with E-state index in [0.29, 0.717) is 17.2 Å². The molecule has 20 heavy (non-hydrogen) atoms. The lowest BCUT2D eigenvalue weighted by Gasteiger charge is -2.07. The van der Waals surface area contributed by atoms with Crippen molar-refractivity contribution in [3.63, 3.8) is 0 Å². The molecule has 0 fully saturated rings. The molecule has 102 valence electrons. The Morgan fingerprint density at radius 2 is 1.95 bits per heavy atom. The summed E-state index contributed by atoms with van der Waals surface area (Å²) in [6, 6.07) is 10.7. The van der Waals surface area contributed by atoms with Crippen LogP contribution in [0.3, 0.4) is 0 Å². The van der Waals surface area contributed by atoms with Crippen LogP contribution in [0.15, 0.2) is 41.2 Å². The average molecular weight is 289 g/mol. The molecule has 2 N–H and O–H groups in total. The topological polar surface area (TPSA) is 65.3 Å². The van der Waals surface area contributed by atoms with E-state index in [-0.39, 0.29) is 5.56 Å². The summed E-state index contributed by atoms with van der Waals surface area (Å²) < 4.78 is 3.25. The molecule has 1 aromatic carbocycles. The number of aryl methyl sites for hydroxylation is 1. The van der Waals surface area contributed by atoms with Crippen molar-refractivity contribution in [1.29, 1.82) is 0 Å². The Morgan fingerprint density at radius 1 is 1.25 bits per heavy atom. The summed E-state index contributed by atoms with van der Waals surface area (Å²) in [5.74, 6) is 0. The van der Waals surface area contributed by atoms with Crippen molar-refractivity contribution in [2.45, 2.75) is 6.54 Å². The van der Waals surface area contributed by atoms with Crippen molar-refractivity contribution < 1.29 is 0 Å². The van der Waals surface area contributed by atoms with Gasteiger partial charge in [0.2, 0.25) is 0 Å². The van der Waals surface area contributed by atoms with Gasteiger partial charge < -0.3 is 10.3 Å². The van der Waals surface area contributed by atoms with Crippen molar-refractivity contribution in [2.24, 2.45) is 12.8 Å². The number of nitrogens with two attached hydrogens (primary N) is 1. The highest BCUT2D eigenvalue weighted by Gasteiger charge is 2.10. The Bertz CT molecular complexity index is 833. The molecule has 6 heteroatoms. The molecule has 5 nitrogen and oxygen atoms in total. The van der Waals surface area contributed by atoms with E-state index in [1.807, 2.05) is 29.8 Å². The van der Waals surface area contributed by atoms with Crippen LogP contribution in [0.2, 0.25) is 5.02 Å². The van der Waals surface area contributed by atoms with E-state index in [2.05, 4.69) is 5.10 Å². The molecule has 0 aliphatic carbocycles. The van der Waals surface area contributed by atoms with Gasteiger partial charge in [0.05, 0.1) is 5.69 Å². The number of nitrogens with zero attached hydrogens (tertiary/aromatic N) is 3. The van der Waals surface area contributed by atoms with Crippen LogP contribution < -0.4 is 11.3 Å². The Kier molecular flexibility index (Phi) is 3.08. The number of halogens is 1. The summed E-state index contributed by atoms with van der Waals surface area (Å²) in [5, 5.41) is 5.01. The van der Waals surface area contributed by atoms with Crippen molar-refractivity contribution in [2.75, 3.05) is 0 Å². The zero-order valence-corrected chi connectivity index (χ0v) is 11.6. The van der Waals surface area contributed by atoms with E-state index in [1.54, 1.807) is 12.1 Å². The minimum Gasteiger partial charge on any atom is -0.331 e. The van der Waals surface area contributed by atoms with Crippen molar-refractivity contribution in [3.8, 4) is 11.3 Å². The van der Waals surface area contributed by atoms with Crippen molar-refractivity contribution in [1.82, 2.24) is 14.2 Å². The van der Waals surface area contributed by atoms with Crippen molar-refractivity contribution in [3.05, 3.63) is 57.5 Å². The second kappa shape index (κ2) is 4.77. The lowest BCUT2D eigenvalue weighted by Crippen LogP contribution is -2.21. The molecule has 0 amide bonds. The lowest BCUT2D eigenvalue weighted by molar-refractivity contribution is 0.766. The predicted octanol–water partition coefficient (Wildman–Crippen LogP) is 1.81. The highest BCUT2D eigenvalue weighted by Crippen LogP contribution is 2.21. The molecular weight excluding hydrogens is 276 g/mol. The predicted molar refractivity (Wildman–Crippen MR) is 78.8 cm³/mol. The Morgan fingerprint density at radius 3 is 2.60 bits per heavy atom. The van der Waals surface area contributed by atoms with E-state index in [1.165, 1.54) is 10.6 Å². The van der Waals surface area contributed by atoms with Gasteiger partial charge in [-0.15, -0.1) is 0 Å². The van der Waals surface area contributed by atoms with Gasteiger partial charge in [0.25, 0.3) is 5.56 Å². The van der Waals surface area contributed by atoms with Gasteiger partial charge in [-0.3, -0.25) is 4.79 Å². The molecular formula is C14H13ClN4O. The van der Waals surface area contributed by atoms with Gasteiger partial charge in [-0.2, -0.15) is 9.61 Å². The minimum absolute atomic E-state index is 0.182. The van der Waals surface area contributed by atoms with Crippen LogP contribution in [0, 0.1) is 0 Å². The zero-order valence-electron chi connectivity index (χ0n) is 10.9. The molecule has 0 bridgehead atoms. The Hall–Kier alpha value is -2.11. The van der Waals surface area contributed by atoms with Crippen LogP contribution in [0.1, 0.15) is 5.69 Å². The molecule has 0 radical (unpaired) electrons. The normalized spacial score (nSPS) is 11.2. The second-order valence-electron chi connectivity index (χ2n) is 4.54. The average Bonchev–Trinajstić information content (AvgIpc) is 2.89. The van der Waals surface area contributed by atoms with Gasteiger partial charge in [-0.05, 0) is 12.1 Å². The second-order valence-corrected chi connectivity index (χ2v) is 4.98. The van der Waals surface area contributed by atoms with Crippen LogP contribution in [0.4, 0.5) is 0 Å². The van der Waals surface area contributed by atoms with Crippen LogP contribution in [0.5, 0.6) is 0 Å². The molecule has 0 aliphatic heterocycles. The third-order valence-electron chi connectivity index (χ3n) is 3.31. The molecule has 2 heterocycles. The standard InChI is InChI=1S/C14H13ClN4O/c1-18-11(8-16)6-14(20)19-13(18)7-12(17-19)9-2-4-10(15)5-3-9/h2-7H,8,16H2,1H3. The Labute approximate surface area is 120 Å². The first-order chi connectivity index (χ1) is 9.60. The zero-order chi connectivity index (χ0) is 14.3. The van der Waals surface area contributed by atoms with Crippen LogP contribution in [0.25, 0.3) is 16.9 Å². The first-order valence-corrected chi connectivity index (χ1v) is 6.52. The molecule has 2 aromatic heterocycles. The fraction of sp³-hybridized carbons (Fsp3) is 0.143. The molecule has 0 spiro atoms. The quantitative estimate of drug-likeness (QED) is 0.782. The van der Waals surface area contributed by atoms with E-state index in [0.717, 1.165) is 17.0 Å². The highest BCUT2D eigenvalue weighted by molar-refractivity contribution is 6.30. The summed E-state index contributed by atoms with van der Waals surface area (Å²) in [5.41, 5.74) is 8.57. The SMILES string of the molecule is Cn1c(CN)cc(=O)n2nc(-c3ccc(Cl)cc3)cc12. The van der Waals surface area contributed by atoms with Crippen LogP contribution in [-0.4, -0.2) is 14.2 Å². The summed E-state index contributed by atoms with van der Waals surface area (Å²) in [7, 11) is 1.87. The van der Waals surface area contributed by atoms with Gasteiger partial charge in [0, 0.05) is 42.0 Å². The van der Waals surface area contributed by atoms with Gasteiger partial charge in [-0.1, -0.05) is 23.7 Å². The van der Waals surface area contributed by atoms with E-state index in [4.69, 9.17) is 17.3 Å². The Balaban J connectivity index is 2.25. The monoisotopic (exact) mass is 288 g/mol. The largest absolute Gasteiger partial charge is 0.331 e. The van der Waals surface area contributed by atoms with E-state index in [9.17, 15) is 4.79 Å². The molecule has 3 aromatic rings. The van der Waals surface area contributed by atoms with E-state index >= 15 is 0 Å². The fourth-order valence-electron chi connectivity index (χ4n) is 2.18. The molecule has 0 saturated heterocycles. The van der Waals surface area contributed by atoms with Gasteiger partial charge in [0.1, 0.15) is 5.65 Å². The number of fused-ring (bicyclic) bond motifs is 1. The summed E-state index contributed by atoms with van der Waals surface area (Å²) >= 11 is 5.87. The summed E-state index contributed by atoms with van der Waals surface area (Å²) in [6.07, 6.45) is 0.